The molecule has 32 heavy (non-hydrogen) atoms. The number of nitrogens with one attached hydrogen (secondary N) is 3. The van der Waals surface area contributed by atoms with E-state index in [9.17, 15) is 8.42 Å². The zero-order valence-corrected chi connectivity index (χ0v) is 18.5. The minimum absolute atomic E-state index is 0.213. The van der Waals surface area contributed by atoms with Crippen LogP contribution in [0.25, 0.3) is 11.2 Å². The molecule has 5 rings (SSSR count). The summed E-state index contributed by atoms with van der Waals surface area (Å²) >= 11 is 0. The molecule has 1 aliphatic rings. The van der Waals surface area contributed by atoms with E-state index >= 15 is 0 Å². The minimum atomic E-state index is -3.41. The van der Waals surface area contributed by atoms with E-state index in [2.05, 4.69) is 25.6 Å². The van der Waals surface area contributed by atoms with Gasteiger partial charge in [-0.15, -0.1) is 0 Å². The Hall–Kier alpha value is -3.50. The molecule has 0 radical (unpaired) electrons. The third-order valence-corrected chi connectivity index (χ3v) is 6.35. The molecule has 10 heteroatoms. The Bertz CT molecular complexity index is 1430. The zero-order chi connectivity index (χ0) is 22.3. The van der Waals surface area contributed by atoms with Crippen molar-refractivity contribution < 1.29 is 13.2 Å². The van der Waals surface area contributed by atoms with Crippen LogP contribution in [0.4, 0.5) is 23.0 Å². The van der Waals surface area contributed by atoms with Crippen molar-refractivity contribution in [1.82, 2.24) is 19.9 Å². The summed E-state index contributed by atoms with van der Waals surface area (Å²) < 4.78 is 29.9. The molecule has 3 aromatic heterocycles. The van der Waals surface area contributed by atoms with Crippen LogP contribution in [0.1, 0.15) is 17.1 Å². The van der Waals surface area contributed by atoms with Crippen LogP contribution in [0.3, 0.4) is 0 Å². The number of nitrogens with zero attached hydrogens (tertiary/aromatic N) is 3. The topological polar surface area (TPSA) is 122 Å². The molecule has 0 saturated carbocycles. The first-order chi connectivity index (χ1) is 15.4. The molecular weight excluding hydrogens is 428 g/mol. The molecule has 0 unspecified atom stereocenters. The van der Waals surface area contributed by atoms with Gasteiger partial charge in [0.15, 0.2) is 15.5 Å². The van der Waals surface area contributed by atoms with Crippen LogP contribution < -0.4 is 10.6 Å². The van der Waals surface area contributed by atoms with Crippen molar-refractivity contribution in [3.8, 4) is 0 Å². The van der Waals surface area contributed by atoms with Gasteiger partial charge in [-0.05, 0) is 30.7 Å². The normalized spacial score (nSPS) is 13.7. The standard InChI is InChI=1S/C22H22N6O3S/c1-13-23-21-17(25-16-5-3-4-6-18(16)32(2,29)30)11-20(28-22(21)24-13)27-19-8-7-14-12-31-10-9-15(14)26-19/h3-8,11H,9-10,12H2,1-2H3,(H3,23,24,25,26,27,28). The second-order valence-corrected chi connectivity index (χ2v) is 9.68. The van der Waals surface area contributed by atoms with Crippen molar-refractivity contribution in [3.05, 3.63) is 59.5 Å². The maximum atomic E-state index is 12.2. The van der Waals surface area contributed by atoms with Gasteiger partial charge in [-0.3, -0.25) is 0 Å². The molecule has 4 heterocycles. The lowest BCUT2D eigenvalue weighted by molar-refractivity contribution is 0.109. The number of aromatic amines is 1. The Kier molecular flexibility index (Phi) is 5.03. The Labute approximate surface area is 185 Å². The molecule has 0 amide bonds. The predicted octanol–water partition coefficient (Wildman–Crippen LogP) is 3.62. The molecule has 4 aromatic rings. The van der Waals surface area contributed by atoms with E-state index in [-0.39, 0.29) is 4.90 Å². The Morgan fingerprint density at radius 2 is 1.84 bits per heavy atom. The summed E-state index contributed by atoms with van der Waals surface area (Å²) in [6, 6.07) is 12.5. The fourth-order valence-corrected chi connectivity index (χ4v) is 4.58. The molecule has 0 aliphatic carbocycles. The van der Waals surface area contributed by atoms with Crippen LogP contribution >= 0.6 is 0 Å². The second-order valence-electron chi connectivity index (χ2n) is 7.70. The number of fused-ring (bicyclic) bond motifs is 2. The average molecular weight is 451 g/mol. The van der Waals surface area contributed by atoms with Crippen LogP contribution in [0.2, 0.25) is 0 Å². The highest BCUT2D eigenvalue weighted by Gasteiger charge is 2.17. The van der Waals surface area contributed by atoms with Crippen molar-refractivity contribution in [2.24, 2.45) is 0 Å². The van der Waals surface area contributed by atoms with Crippen molar-refractivity contribution in [2.75, 3.05) is 23.5 Å². The highest BCUT2D eigenvalue weighted by molar-refractivity contribution is 7.90. The first-order valence-corrected chi connectivity index (χ1v) is 12.0. The first kappa shape index (κ1) is 20.4. The van der Waals surface area contributed by atoms with Gasteiger partial charge >= 0.3 is 0 Å². The Morgan fingerprint density at radius 3 is 2.69 bits per heavy atom. The molecular formula is C22H22N6O3S. The first-order valence-electron chi connectivity index (χ1n) is 10.1. The summed E-state index contributed by atoms with van der Waals surface area (Å²) in [4.78, 5) is 17.2. The number of imidazole rings is 1. The minimum Gasteiger partial charge on any atom is -0.376 e. The summed E-state index contributed by atoms with van der Waals surface area (Å²) in [6.45, 7) is 3.08. The fraction of sp³-hybridized carbons (Fsp3) is 0.227. The molecule has 0 spiro atoms. The smallest absolute Gasteiger partial charge is 0.177 e. The molecule has 9 nitrogen and oxygen atoms in total. The molecule has 1 aromatic carbocycles. The number of H-pyrrole nitrogens is 1. The Balaban J connectivity index is 1.54. The van der Waals surface area contributed by atoms with Crippen LogP contribution in [-0.2, 0) is 27.6 Å². The summed E-state index contributed by atoms with van der Waals surface area (Å²) in [7, 11) is -3.41. The lowest BCUT2D eigenvalue weighted by atomic mass is 10.1. The molecule has 164 valence electrons. The monoisotopic (exact) mass is 450 g/mol. The molecule has 0 bridgehead atoms. The number of pyridine rings is 2. The van der Waals surface area contributed by atoms with Crippen molar-refractivity contribution in [2.45, 2.75) is 24.8 Å². The third-order valence-electron chi connectivity index (χ3n) is 5.19. The number of hydrogen-bond acceptors (Lipinski definition) is 8. The highest BCUT2D eigenvalue weighted by atomic mass is 32.2. The van der Waals surface area contributed by atoms with Gasteiger partial charge in [0.05, 0.1) is 35.2 Å². The van der Waals surface area contributed by atoms with E-state index in [0.717, 1.165) is 17.7 Å². The van der Waals surface area contributed by atoms with E-state index in [0.29, 0.717) is 53.2 Å². The number of sulfone groups is 1. The van der Waals surface area contributed by atoms with Crippen LogP contribution in [0, 0.1) is 6.92 Å². The molecule has 3 N–H and O–H groups in total. The Morgan fingerprint density at radius 1 is 1.00 bits per heavy atom. The van der Waals surface area contributed by atoms with Gasteiger partial charge < -0.3 is 20.4 Å². The van der Waals surface area contributed by atoms with Crippen LogP contribution in [0.15, 0.2) is 47.4 Å². The van der Waals surface area contributed by atoms with Gasteiger partial charge in [0, 0.05) is 18.7 Å². The summed E-state index contributed by atoms with van der Waals surface area (Å²) in [6.07, 6.45) is 1.96. The number of rotatable bonds is 5. The maximum absolute atomic E-state index is 12.2. The fourth-order valence-electron chi connectivity index (χ4n) is 3.73. The lowest BCUT2D eigenvalue weighted by Gasteiger charge is -2.17. The van der Waals surface area contributed by atoms with E-state index in [1.165, 1.54) is 6.26 Å². The van der Waals surface area contributed by atoms with Gasteiger partial charge in [0.1, 0.15) is 23.0 Å². The number of anilines is 4. The highest BCUT2D eigenvalue weighted by Crippen LogP contribution is 2.31. The van der Waals surface area contributed by atoms with Crippen molar-refractivity contribution in [3.63, 3.8) is 0 Å². The SMILES string of the molecule is Cc1nc2c(Nc3ccccc3S(C)(=O)=O)cc(Nc3ccc4c(n3)CCOC4)nc2[nH]1. The number of aromatic nitrogens is 4. The van der Waals surface area contributed by atoms with Crippen LogP contribution in [-0.4, -0.2) is 41.2 Å². The molecule has 0 atom stereocenters. The summed E-state index contributed by atoms with van der Waals surface area (Å²) in [5.41, 5.74) is 4.41. The summed E-state index contributed by atoms with van der Waals surface area (Å²) in [5, 5.41) is 6.49. The summed E-state index contributed by atoms with van der Waals surface area (Å²) in [5.74, 6) is 1.94. The zero-order valence-electron chi connectivity index (χ0n) is 17.6. The quantitative estimate of drug-likeness (QED) is 0.421. The lowest BCUT2D eigenvalue weighted by Crippen LogP contribution is -2.12. The molecule has 0 fully saturated rings. The van der Waals surface area contributed by atoms with E-state index in [1.807, 2.05) is 19.1 Å². The average Bonchev–Trinajstić information content (AvgIpc) is 3.14. The molecule has 0 saturated heterocycles. The number of aryl methyl sites for hydroxylation is 1. The van der Waals surface area contributed by atoms with E-state index in [1.54, 1.807) is 30.3 Å². The van der Waals surface area contributed by atoms with Gasteiger partial charge in [0.25, 0.3) is 0 Å². The van der Waals surface area contributed by atoms with Gasteiger partial charge in [-0.1, -0.05) is 18.2 Å². The number of benzene rings is 1. The number of ether oxygens (including phenoxy) is 1. The van der Waals surface area contributed by atoms with E-state index in [4.69, 9.17) is 9.72 Å². The number of para-hydroxylation sites is 1. The number of hydrogen-bond donors (Lipinski definition) is 3. The predicted molar refractivity (Wildman–Crippen MR) is 122 cm³/mol. The maximum Gasteiger partial charge on any atom is 0.177 e. The van der Waals surface area contributed by atoms with Gasteiger partial charge in [-0.25, -0.2) is 23.4 Å². The van der Waals surface area contributed by atoms with Crippen molar-refractivity contribution >= 4 is 44.0 Å². The molecule has 1 aliphatic heterocycles. The van der Waals surface area contributed by atoms with Gasteiger partial charge in [0.2, 0.25) is 0 Å². The van der Waals surface area contributed by atoms with Gasteiger partial charge in [-0.2, -0.15) is 0 Å². The van der Waals surface area contributed by atoms with E-state index < -0.39 is 9.84 Å². The largest absolute Gasteiger partial charge is 0.376 e. The second kappa shape index (κ2) is 7.88. The van der Waals surface area contributed by atoms with Crippen molar-refractivity contribution in [1.29, 1.82) is 0 Å². The van der Waals surface area contributed by atoms with Crippen LogP contribution in [0.5, 0.6) is 0 Å². The third kappa shape index (κ3) is 4.02.